The van der Waals surface area contributed by atoms with Gasteiger partial charge in [-0.2, -0.15) is 5.10 Å². The molecular formula is C18H22N4O2. The van der Waals surface area contributed by atoms with Gasteiger partial charge in [0.05, 0.1) is 12.3 Å². The number of ether oxygens (including phenoxy) is 1. The molecule has 1 amide bonds. The van der Waals surface area contributed by atoms with Gasteiger partial charge < -0.3 is 9.30 Å². The zero-order valence-electron chi connectivity index (χ0n) is 14.0. The van der Waals surface area contributed by atoms with Crippen LogP contribution in [-0.4, -0.2) is 34.4 Å². The van der Waals surface area contributed by atoms with Crippen LogP contribution in [0.5, 0.6) is 0 Å². The lowest BCUT2D eigenvalue weighted by Gasteiger charge is -2.14. The maximum absolute atomic E-state index is 11.9. The molecule has 0 aromatic carbocycles. The topological polar surface area (TPSA) is 68.5 Å². The van der Waals surface area contributed by atoms with E-state index in [0.717, 1.165) is 37.3 Å². The lowest BCUT2D eigenvalue weighted by Crippen LogP contribution is -2.18. The first-order chi connectivity index (χ1) is 11.6. The van der Waals surface area contributed by atoms with Crippen molar-refractivity contribution in [3.8, 4) is 0 Å². The smallest absolute Gasteiger partial charge is 0.271 e. The highest BCUT2D eigenvalue weighted by molar-refractivity contribution is 5.94. The molecule has 0 saturated carbocycles. The van der Waals surface area contributed by atoms with Gasteiger partial charge in [-0.15, -0.1) is 0 Å². The number of aromatic nitrogens is 2. The van der Waals surface area contributed by atoms with E-state index in [0.29, 0.717) is 11.7 Å². The Morgan fingerprint density at radius 2 is 2.25 bits per heavy atom. The highest BCUT2D eigenvalue weighted by atomic mass is 16.5. The second-order valence-corrected chi connectivity index (χ2v) is 6.01. The molecule has 1 N–H and O–H groups in total. The summed E-state index contributed by atoms with van der Waals surface area (Å²) in [4.78, 5) is 15.8. The molecule has 6 nitrogen and oxygen atoms in total. The molecule has 1 atom stereocenters. The van der Waals surface area contributed by atoms with E-state index in [1.54, 1.807) is 30.7 Å². The van der Waals surface area contributed by atoms with Gasteiger partial charge in [0, 0.05) is 48.1 Å². The van der Waals surface area contributed by atoms with E-state index in [4.69, 9.17) is 4.74 Å². The Hall–Kier alpha value is -2.47. The summed E-state index contributed by atoms with van der Waals surface area (Å²) in [6, 6.07) is 5.38. The molecule has 3 rings (SSSR count). The molecule has 0 spiro atoms. The summed E-state index contributed by atoms with van der Waals surface area (Å²) in [5.74, 6) is -0.248. The van der Waals surface area contributed by atoms with Crippen LogP contribution in [0.2, 0.25) is 0 Å². The van der Waals surface area contributed by atoms with Gasteiger partial charge in [0.1, 0.15) is 0 Å². The minimum Gasteiger partial charge on any atom is -0.376 e. The van der Waals surface area contributed by atoms with Crippen LogP contribution >= 0.6 is 0 Å². The molecule has 0 unspecified atom stereocenters. The van der Waals surface area contributed by atoms with Crippen LogP contribution < -0.4 is 5.43 Å². The number of rotatable bonds is 5. The lowest BCUT2D eigenvalue weighted by atomic mass is 10.2. The van der Waals surface area contributed by atoms with Crippen molar-refractivity contribution in [2.45, 2.75) is 39.3 Å². The van der Waals surface area contributed by atoms with E-state index in [-0.39, 0.29) is 5.91 Å². The second-order valence-electron chi connectivity index (χ2n) is 6.01. The van der Waals surface area contributed by atoms with Gasteiger partial charge in [-0.1, -0.05) is 0 Å². The van der Waals surface area contributed by atoms with Crippen molar-refractivity contribution < 1.29 is 9.53 Å². The molecule has 0 radical (unpaired) electrons. The molecule has 24 heavy (non-hydrogen) atoms. The fourth-order valence-electron chi connectivity index (χ4n) is 2.96. The monoisotopic (exact) mass is 326 g/mol. The Bertz CT molecular complexity index is 731. The van der Waals surface area contributed by atoms with Crippen LogP contribution in [-0.2, 0) is 11.3 Å². The molecule has 0 bridgehead atoms. The summed E-state index contributed by atoms with van der Waals surface area (Å²) in [6.45, 7) is 5.87. The minimum absolute atomic E-state index is 0.248. The summed E-state index contributed by atoms with van der Waals surface area (Å²) in [5, 5.41) is 4.08. The highest BCUT2D eigenvalue weighted by Gasteiger charge is 2.18. The van der Waals surface area contributed by atoms with Gasteiger partial charge in [-0.05, 0) is 44.9 Å². The van der Waals surface area contributed by atoms with Crippen LogP contribution in [0.4, 0.5) is 0 Å². The Labute approximate surface area is 141 Å². The number of hydrogen-bond acceptors (Lipinski definition) is 4. The maximum Gasteiger partial charge on any atom is 0.271 e. The molecule has 6 heteroatoms. The van der Waals surface area contributed by atoms with Crippen molar-refractivity contribution in [3.63, 3.8) is 0 Å². The molecule has 1 aliphatic rings. The van der Waals surface area contributed by atoms with Crippen LogP contribution in [0.25, 0.3) is 0 Å². The van der Waals surface area contributed by atoms with Crippen LogP contribution in [0.1, 0.15) is 40.2 Å². The van der Waals surface area contributed by atoms with Crippen molar-refractivity contribution in [2.24, 2.45) is 5.10 Å². The number of hydrogen-bond donors (Lipinski definition) is 1. The Morgan fingerprint density at radius 3 is 2.96 bits per heavy atom. The summed E-state index contributed by atoms with van der Waals surface area (Å²) < 4.78 is 7.97. The Kier molecular flexibility index (Phi) is 5.05. The summed E-state index contributed by atoms with van der Waals surface area (Å²) >= 11 is 0. The van der Waals surface area contributed by atoms with E-state index in [1.165, 1.54) is 5.69 Å². The number of pyridine rings is 1. The molecule has 1 fully saturated rings. The number of hydrazone groups is 1. The third-order valence-electron chi connectivity index (χ3n) is 4.34. The van der Waals surface area contributed by atoms with Gasteiger partial charge in [0.2, 0.25) is 0 Å². The zero-order chi connectivity index (χ0) is 16.9. The first-order valence-electron chi connectivity index (χ1n) is 8.17. The molecule has 0 aliphatic carbocycles. The first kappa shape index (κ1) is 16.4. The minimum atomic E-state index is -0.248. The van der Waals surface area contributed by atoms with Gasteiger partial charge in [0.25, 0.3) is 5.91 Å². The molecule has 2 aromatic heterocycles. The van der Waals surface area contributed by atoms with Crippen LogP contribution in [0.3, 0.4) is 0 Å². The van der Waals surface area contributed by atoms with E-state index in [1.807, 2.05) is 0 Å². The fourth-order valence-corrected chi connectivity index (χ4v) is 2.96. The largest absolute Gasteiger partial charge is 0.376 e. The standard InChI is InChI=1S/C18H22N4O2/c1-13-10-16(14(2)22(13)12-17-4-3-9-24-17)11-20-21-18(23)15-5-7-19-8-6-15/h5-8,10-11,17H,3-4,9,12H2,1-2H3,(H,21,23)/b20-11-/t17-/m1/s1. The van der Waals surface area contributed by atoms with Crippen molar-refractivity contribution >= 4 is 12.1 Å². The molecule has 126 valence electrons. The normalized spacial score (nSPS) is 17.5. The first-order valence-corrected chi connectivity index (χ1v) is 8.17. The number of nitrogens with one attached hydrogen (secondary N) is 1. The Balaban J connectivity index is 1.65. The summed E-state index contributed by atoms with van der Waals surface area (Å²) in [6.07, 6.45) is 7.40. The van der Waals surface area contributed by atoms with Crippen LogP contribution in [0.15, 0.2) is 35.7 Å². The maximum atomic E-state index is 11.9. The average molecular weight is 326 g/mol. The molecule has 1 saturated heterocycles. The van der Waals surface area contributed by atoms with Gasteiger partial charge in [-0.25, -0.2) is 5.43 Å². The number of amides is 1. The van der Waals surface area contributed by atoms with Gasteiger partial charge >= 0.3 is 0 Å². The highest BCUT2D eigenvalue weighted by Crippen LogP contribution is 2.19. The predicted molar refractivity (Wildman–Crippen MR) is 92.2 cm³/mol. The van der Waals surface area contributed by atoms with Crippen molar-refractivity contribution in [1.82, 2.24) is 15.0 Å². The molecule has 2 aromatic rings. The van der Waals surface area contributed by atoms with Gasteiger partial charge in [-0.3, -0.25) is 9.78 Å². The number of nitrogens with zero attached hydrogens (tertiary/aromatic N) is 3. The van der Waals surface area contributed by atoms with E-state index in [2.05, 4.69) is 40.0 Å². The SMILES string of the molecule is Cc1cc(/C=N\NC(=O)c2ccncc2)c(C)n1C[C@H]1CCCO1. The van der Waals surface area contributed by atoms with Crippen molar-refractivity contribution in [1.29, 1.82) is 0 Å². The second kappa shape index (κ2) is 7.40. The summed E-state index contributed by atoms with van der Waals surface area (Å²) in [5.41, 5.74) is 6.38. The van der Waals surface area contributed by atoms with E-state index < -0.39 is 0 Å². The van der Waals surface area contributed by atoms with E-state index in [9.17, 15) is 4.79 Å². The number of carbonyl (C=O) groups is 1. The number of aryl methyl sites for hydroxylation is 1. The third kappa shape index (κ3) is 3.71. The lowest BCUT2D eigenvalue weighted by molar-refractivity contribution is 0.0954. The van der Waals surface area contributed by atoms with Gasteiger partial charge in [0.15, 0.2) is 0 Å². The number of carbonyl (C=O) groups excluding carboxylic acids is 1. The molecule has 1 aliphatic heterocycles. The van der Waals surface area contributed by atoms with Crippen molar-refractivity contribution in [3.05, 3.63) is 53.1 Å². The van der Waals surface area contributed by atoms with Crippen molar-refractivity contribution in [2.75, 3.05) is 6.61 Å². The fraction of sp³-hybridized carbons (Fsp3) is 0.389. The van der Waals surface area contributed by atoms with Crippen LogP contribution in [0, 0.1) is 13.8 Å². The van der Waals surface area contributed by atoms with E-state index >= 15 is 0 Å². The Morgan fingerprint density at radius 1 is 1.46 bits per heavy atom. The predicted octanol–water partition coefficient (Wildman–Crippen LogP) is 2.44. The third-order valence-corrected chi connectivity index (χ3v) is 4.34. The quantitative estimate of drug-likeness (QED) is 0.678. The zero-order valence-corrected chi connectivity index (χ0v) is 14.0. The molecular weight excluding hydrogens is 304 g/mol. The average Bonchev–Trinajstić information content (AvgIpc) is 3.20. The summed E-state index contributed by atoms with van der Waals surface area (Å²) in [7, 11) is 0. The molecule has 3 heterocycles.